The van der Waals surface area contributed by atoms with E-state index in [-0.39, 0.29) is 0 Å². The van der Waals surface area contributed by atoms with E-state index >= 15 is 0 Å². The van der Waals surface area contributed by atoms with Gasteiger partial charge in [0.05, 0.1) is 12.1 Å². The first-order valence-electron chi connectivity index (χ1n) is 6.01. The van der Waals surface area contributed by atoms with Crippen LogP contribution in [0.2, 0.25) is 0 Å². The van der Waals surface area contributed by atoms with Crippen LogP contribution in [0.4, 0.5) is 0 Å². The molecule has 19 heavy (non-hydrogen) atoms. The molecule has 96 valence electrons. The number of H-pyrrole nitrogens is 1. The lowest BCUT2D eigenvalue weighted by Gasteiger charge is -2.02. The van der Waals surface area contributed by atoms with Crippen molar-refractivity contribution in [3.63, 3.8) is 0 Å². The molecule has 0 aliphatic rings. The molecular formula is C14H12BrN3O. The monoisotopic (exact) mass is 317 g/mol. The molecular weight excluding hydrogens is 306 g/mol. The van der Waals surface area contributed by atoms with Gasteiger partial charge in [0, 0.05) is 16.2 Å². The van der Waals surface area contributed by atoms with Gasteiger partial charge in [-0.15, -0.1) is 0 Å². The number of rotatable bonds is 3. The van der Waals surface area contributed by atoms with Crippen molar-refractivity contribution in [3.8, 4) is 17.1 Å². The number of ether oxygens (including phenoxy) is 1. The summed E-state index contributed by atoms with van der Waals surface area (Å²) in [4.78, 5) is 12.0. The molecule has 1 N–H and O–H groups in total. The average Bonchev–Trinajstić information content (AvgIpc) is 2.83. The Balaban J connectivity index is 1.99. The molecule has 5 heteroatoms. The maximum atomic E-state index is 5.42. The minimum absolute atomic E-state index is 0.669. The summed E-state index contributed by atoms with van der Waals surface area (Å²) < 4.78 is 6.35. The minimum Gasteiger partial charge on any atom is -0.494 e. The zero-order chi connectivity index (χ0) is 13.2. The molecule has 0 amide bonds. The fraction of sp³-hybridized carbons (Fsp3) is 0.143. The van der Waals surface area contributed by atoms with Crippen molar-refractivity contribution in [2.24, 2.45) is 0 Å². The van der Waals surface area contributed by atoms with E-state index < -0.39 is 0 Å². The number of hydrogen-bond donors (Lipinski definition) is 1. The molecule has 0 bridgehead atoms. The van der Waals surface area contributed by atoms with Crippen molar-refractivity contribution in [2.75, 3.05) is 6.61 Å². The van der Waals surface area contributed by atoms with Crippen LogP contribution >= 0.6 is 15.9 Å². The summed E-state index contributed by atoms with van der Waals surface area (Å²) in [7, 11) is 0. The Kier molecular flexibility index (Phi) is 3.21. The fourth-order valence-corrected chi connectivity index (χ4v) is 2.22. The summed E-state index contributed by atoms with van der Waals surface area (Å²) >= 11 is 3.40. The van der Waals surface area contributed by atoms with E-state index in [4.69, 9.17) is 4.74 Å². The highest BCUT2D eigenvalue weighted by Crippen LogP contribution is 2.23. The molecule has 0 spiro atoms. The summed E-state index contributed by atoms with van der Waals surface area (Å²) in [6.07, 6.45) is 1.74. The van der Waals surface area contributed by atoms with E-state index in [0.29, 0.717) is 12.3 Å². The maximum absolute atomic E-state index is 5.42. The quantitative estimate of drug-likeness (QED) is 0.799. The van der Waals surface area contributed by atoms with Gasteiger partial charge in [-0.1, -0.05) is 0 Å². The Hall–Kier alpha value is -1.88. The van der Waals surface area contributed by atoms with E-state index in [1.807, 2.05) is 37.3 Å². The number of aromatic nitrogens is 3. The number of hydrogen-bond acceptors (Lipinski definition) is 3. The molecule has 0 fully saturated rings. The largest absolute Gasteiger partial charge is 0.494 e. The van der Waals surface area contributed by atoms with Crippen LogP contribution < -0.4 is 4.74 Å². The molecule has 0 aliphatic carbocycles. The Morgan fingerprint density at radius 2 is 2.05 bits per heavy atom. The molecule has 3 aromatic rings. The molecule has 0 aliphatic heterocycles. The van der Waals surface area contributed by atoms with E-state index in [0.717, 1.165) is 27.1 Å². The van der Waals surface area contributed by atoms with E-state index in [2.05, 4.69) is 30.9 Å². The topological polar surface area (TPSA) is 50.8 Å². The van der Waals surface area contributed by atoms with Gasteiger partial charge >= 0.3 is 0 Å². The summed E-state index contributed by atoms with van der Waals surface area (Å²) in [5.41, 5.74) is 2.64. The predicted octanol–water partition coefficient (Wildman–Crippen LogP) is 3.79. The number of pyridine rings is 1. The molecule has 0 saturated heterocycles. The molecule has 3 rings (SSSR count). The first-order chi connectivity index (χ1) is 9.26. The third-order valence-electron chi connectivity index (χ3n) is 2.74. The van der Waals surface area contributed by atoms with Crippen LogP contribution in [0.3, 0.4) is 0 Å². The molecule has 0 radical (unpaired) electrons. The summed E-state index contributed by atoms with van der Waals surface area (Å²) in [6, 6.07) is 9.81. The van der Waals surface area contributed by atoms with E-state index in [9.17, 15) is 0 Å². The number of nitrogens with one attached hydrogen (secondary N) is 1. The number of benzene rings is 1. The van der Waals surface area contributed by atoms with Gasteiger partial charge in [0.15, 0.2) is 5.65 Å². The van der Waals surface area contributed by atoms with E-state index in [1.54, 1.807) is 6.20 Å². The van der Waals surface area contributed by atoms with Crippen molar-refractivity contribution in [3.05, 3.63) is 41.0 Å². The van der Waals surface area contributed by atoms with Gasteiger partial charge in [-0.3, -0.25) is 0 Å². The normalized spacial score (nSPS) is 10.8. The SMILES string of the molecule is CCOc1ccc(-c2nc3ncc(Br)cc3[nH]2)cc1. The molecule has 1 aromatic carbocycles. The number of fused-ring (bicyclic) bond motifs is 1. The summed E-state index contributed by atoms with van der Waals surface area (Å²) in [6.45, 7) is 2.64. The van der Waals surface area contributed by atoms with E-state index in [1.165, 1.54) is 0 Å². The Labute approximate surface area is 119 Å². The van der Waals surface area contributed by atoms with Crippen LogP contribution in [-0.2, 0) is 0 Å². The highest BCUT2D eigenvalue weighted by Gasteiger charge is 2.06. The summed E-state index contributed by atoms with van der Waals surface area (Å²) in [5, 5.41) is 0. The predicted molar refractivity (Wildman–Crippen MR) is 78.2 cm³/mol. The van der Waals surface area contributed by atoms with Gasteiger partial charge in [0.2, 0.25) is 0 Å². The lowest BCUT2D eigenvalue weighted by Crippen LogP contribution is -1.90. The zero-order valence-corrected chi connectivity index (χ0v) is 11.9. The van der Waals surface area contributed by atoms with Gasteiger partial charge in [0.25, 0.3) is 0 Å². The van der Waals surface area contributed by atoms with Crippen LogP contribution in [-0.4, -0.2) is 21.6 Å². The van der Waals surface area contributed by atoms with Gasteiger partial charge in [-0.25, -0.2) is 9.97 Å². The first kappa shape index (κ1) is 12.2. The van der Waals surface area contributed by atoms with Crippen LogP contribution in [0.1, 0.15) is 6.92 Å². The second-order valence-corrected chi connectivity index (χ2v) is 4.98. The Morgan fingerprint density at radius 1 is 1.26 bits per heavy atom. The minimum atomic E-state index is 0.669. The van der Waals surface area contributed by atoms with Gasteiger partial charge < -0.3 is 9.72 Å². The second-order valence-electron chi connectivity index (χ2n) is 4.07. The molecule has 0 atom stereocenters. The maximum Gasteiger partial charge on any atom is 0.178 e. The van der Waals surface area contributed by atoms with Crippen LogP contribution in [0.15, 0.2) is 41.0 Å². The smallest absolute Gasteiger partial charge is 0.178 e. The first-order valence-corrected chi connectivity index (χ1v) is 6.80. The van der Waals surface area contributed by atoms with Crippen molar-refractivity contribution in [1.82, 2.24) is 15.0 Å². The van der Waals surface area contributed by atoms with Gasteiger partial charge in [0.1, 0.15) is 11.6 Å². The molecule has 0 saturated carbocycles. The van der Waals surface area contributed by atoms with Crippen molar-refractivity contribution in [1.29, 1.82) is 0 Å². The molecule has 2 heterocycles. The van der Waals surface area contributed by atoms with Crippen LogP contribution in [0, 0.1) is 0 Å². The number of imidazole rings is 1. The third kappa shape index (κ3) is 2.46. The van der Waals surface area contributed by atoms with Gasteiger partial charge in [-0.05, 0) is 53.2 Å². The number of halogens is 1. The van der Waals surface area contributed by atoms with Crippen LogP contribution in [0.25, 0.3) is 22.6 Å². The number of aromatic amines is 1. The lowest BCUT2D eigenvalue weighted by molar-refractivity contribution is 0.340. The lowest BCUT2D eigenvalue weighted by atomic mass is 10.2. The average molecular weight is 318 g/mol. The van der Waals surface area contributed by atoms with Gasteiger partial charge in [-0.2, -0.15) is 0 Å². The van der Waals surface area contributed by atoms with Crippen molar-refractivity contribution >= 4 is 27.1 Å². The standard InChI is InChI=1S/C14H12BrN3O/c1-2-19-11-5-3-9(4-6-11)13-17-12-7-10(15)8-16-14(12)18-13/h3-8H,2H2,1H3,(H,16,17,18). The molecule has 4 nitrogen and oxygen atoms in total. The Bertz CT molecular complexity index is 706. The second kappa shape index (κ2) is 5.01. The fourth-order valence-electron chi connectivity index (χ4n) is 1.89. The zero-order valence-electron chi connectivity index (χ0n) is 10.4. The Morgan fingerprint density at radius 3 is 2.79 bits per heavy atom. The third-order valence-corrected chi connectivity index (χ3v) is 3.18. The van der Waals surface area contributed by atoms with Crippen molar-refractivity contribution < 1.29 is 4.74 Å². The highest BCUT2D eigenvalue weighted by atomic mass is 79.9. The summed E-state index contributed by atoms with van der Waals surface area (Å²) in [5.74, 6) is 1.67. The highest BCUT2D eigenvalue weighted by molar-refractivity contribution is 9.10. The van der Waals surface area contributed by atoms with Crippen molar-refractivity contribution in [2.45, 2.75) is 6.92 Å². The molecule has 0 unspecified atom stereocenters. The van der Waals surface area contributed by atoms with Crippen LogP contribution in [0.5, 0.6) is 5.75 Å². The molecule has 2 aromatic heterocycles. The number of nitrogens with zero attached hydrogens (tertiary/aromatic N) is 2.